The number of hydrogen-bond acceptors (Lipinski definition) is 3. The Kier molecular flexibility index (Phi) is 2.84. The smallest absolute Gasteiger partial charge is 0.125 e. The Bertz CT molecular complexity index is 487. The Morgan fingerprint density at radius 1 is 1.53 bits per heavy atom. The quantitative estimate of drug-likeness (QED) is 0.922. The standard InChI is InChI=1S/C10H12BrN3S/c1-3-6-9(13-14(2)10(6)12)7-4-15-5-8(7)11/h4-5H,3,12H2,1-2H3. The number of rotatable bonds is 2. The number of aromatic nitrogens is 2. The van der Waals surface area contributed by atoms with Crippen LogP contribution in [-0.4, -0.2) is 9.78 Å². The van der Waals surface area contributed by atoms with Crippen molar-refractivity contribution in [1.29, 1.82) is 0 Å². The molecule has 15 heavy (non-hydrogen) atoms. The zero-order valence-electron chi connectivity index (χ0n) is 8.62. The van der Waals surface area contributed by atoms with Crippen molar-refractivity contribution in [3.63, 3.8) is 0 Å². The van der Waals surface area contributed by atoms with Gasteiger partial charge in [0.25, 0.3) is 0 Å². The molecule has 0 aliphatic heterocycles. The predicted octanol–water partition coefficient (Wildman–Crippen LogP) is 3.06. The summed E-state index contributed by atoms with van der Waals surface area (Å²) in [4.78, 5) is 0. The highest BCUT2D eigenvalue weighted by atomic mass is 79.9. The van der Waals surface area contributed by atoms with E-state index in [-0.39, 0.29) is 0 Å². The fourth-order valence-electron chi connectivity index (χ4n) is 1.60. The first-order valence-electron chi connectivity index (χ1n) is 4.68. The van der Waals surface area contributed by atoms with Crippen molar-refractivity contribution < 1.29 is 0 Å². The second-order valence-corrected chi connectivity index (χ2v) is 4.92. The minimum atomic E-state index is 0.755. The van der Waals surface area contributed by atoms with Crippen molar-refractivity contribution in [2.75, 3.05) is 5.73 Å². The summed E-state index contributed by atoms with van der Waals surface area (Å²) >= 11 is 5.18. The van der Waals surface area contributed by atoms with Gasteiger partial charge in [-0.1, -0.05) is 6.92 Å². The highest BCUT2D eigenvalue weighted by Gasteiger charge is 2.16. The molecule has 0 aliphatic carbocycles. The summed E-state index contributed by atoms with van der Waals surface area (Å²) in [5, 5.41) is 8.60. The van der Waals surface area contributed by atoms with Crippen molar-refractivity contribution in [3.05, 3.63) is 20.8 Å². The van der Waals surface area contributed by atoms with Gasteiger partial charge in [-0.15, -0.1) is 0 Å². The van der Waals surface area contributed by atoms with Gasteiger partial charge in [-0.2, -0.15) is 16.4 Å². The lowest BCUT2D eigenvalue weighted by Gasteiger charge is -1.98. The average molecular weight is 286 g/mol. The predicted molar refractivity (Wildman–Crippen MR) is 68.0 cm³/mol. The average Bonchev–Trinajstić information content (AvgIpc) is 2.73. The molecule has 0 aliphatic rings. The molecular formula is C10H12BrN3S. The molecule has 0 spiro atoms. The van der Waals surface area contributed by atoms with Crippen molar-refractivity contribution in [1.82, 2.24) is 9.78 Å². The summed E-state index contributed by atoms with van der Waals surface area (Å²) in [6.07, 6.45) is 0.900. The van der Waals surface area contributed by atoms with E-state index in [0.29, 0.717) is 0 Å². The van der Waals surface area contributed by atoms with Gasteiger partial charge in [0.2, 0.25) is 0 Å². The van der Waals surface area contributed by atoms with Crippen LogP contribution in [0.15, 0.2) is 15.2 Å². The molecule has 2 aromatic rings. The molecule has 0 atom stereocenters. The van der Waals surface area contributed by atoms with Crippen molar-refractivity contribution in [2.45, 2.75) is 13.3 Å². The Labute approximate surface area is 101 Å². The van der Waals surface area contributed by atoms with Crippen molar-refractivity contribution in [3.8, 4) is 11.3 Å². The second-order valence-electron chi connectivity index (χ2n) is 3.32. The topological polar surface area (TPSA) is 43.8 Å². The Hall–Kier alpha value is -0.810. The minimum absolute atomic E-state index is 0.755. The summed E-state index contributed by atoms with van der Waals surface area (Å²) in [6.45, 7) is 2.09. The summed E-state index contributed by atoms with van der Waals surface area (Å²) in [7, 11) is 1.87. The Morgan fingerprint density at radius 3 is 2.80 bits per heavy atom. The van der Waals surface area contributed by atoms with Crippen LogP contribution < -0.4 is 5.73 Å². The van der Waals surface area contributed by atoms with E-state index in [1.165, 1.54) is 0 Å². The van der Waals surface area contributed by atoms with Crippen LogP contribution in [0.1, 0.15) is 12.5 Å². The molecule has 2 heterocycles. The monoisotopic (exact) mass is 285 g/mol. The van der Waals surface area contributed by atoms with Crippen LogP contribution in [0.25, 0.3) is 11.3 Å². The van der Waals surface area contributed by atoms with Gasteiger partial charge in [0.1, 0.15) is 5.82 Å². The van der Waals surface area contributed by atoms with Gasteiger partial charge in [0.15, 0.2) is 0 Å². The van der Waals surface area contributed by atoms with E-state index < -0.39 is 0 Å². The zero-order chi connectivity index (χ0) is 11.0. The van der Waals surface area contributed by atoms with Gasteiger partial charge in [-0.25, -0.2) is 0 Å². The number of aryl methyl sites for hydroxylation is 1. The molecule has 0 amide bonds. The lowest BCUT2D eigenvalue weighted by molar-refractivity contribution is 0.781. The maximum atomic E-state index is 5.96. The fraction of sp³-hybridized carbons (Fsp3) is 0.300. The van der Waals surface area contributed by atoms with Gasteiger partial charge < -0.3 is 5.73 Å². The van der Waals surface area contributed by atoms with E-state index in [9.17, 15) is 0 Å². The van der Waals surface area contributed by atoms with Gasteiger partial charge >= 0.3 is 0 Å². The molecule has 0 fully saturated rings. The molecule has 80 valence electrons. The zero-order valence-corrected chi connectivity index (χ0v) is 11.0. The first kappa shape index (κ1) is 10.7. The number of nitrogen functional groups attached to an aromatic ring is 1. The lowest BCUT2D eigenvalue weighted by Crippen LogP contribution is -1.98. The number of halogens is 1. The molecule has 2 aromatic heterocycles. The molecule has 0 unspecified atom stereocenters. The summed E-state index contributed by atoms with van der Waals surface area (Å²) in [5.41, 5.74) is 9.20. The number of nitrogens with two attached hydrogens (primary N) is 1. The van der Waals surface area contributed by atoms with Crippen molar-refractivity contribution >= 4 is 33.1 Å². The highest BCUT2D eigenvalue weighted by Crippen LogP contribution is 2.34. The second kappa shape index (κ2) is 3.98. The fourth-order valence-corrected chi connectivity index (χ4v) is 3.06. The van der Waals surface area contributed by atoms with E-state index in [0.717, 1.165) is 33.5 Å². The van der Waals surface area contributed by atoms with Gasteiger partial charge in [-0.3, -0.25) is 4.68 Å². The number of anilines is 1. The molecule has 2 rings (SSSR count). The van der Waals surface area contributed by atoms with Crippen LogP contribution in [0.4, 0.5) is 5.82 Å². The van der Waals surface area contributed by atoms with E-state index in [1.807, 2.05) is 7.05 Å². The first-order chi connectivity index (χ1) is 7.15. The minimum Gasteiger partial charge on any atom is -0.384 e. The Balaban J connectivity index is 2.63. The third-order valence-electron chi connectivity index (χ3n) is 2.42. The normalized spacial score (nSPS) is 10.9. The maximum absolute atomic E-state index is 5.96. The number of thiophene rings is 1. The van der Waals surface area contributed by atoms with E-state index in [1.54, 1.807) is 16.0 Å². The summed E-state index contributed by atoms with van der Waals surface area (Å²) < 4.78 is 2.82. The molecule has 5 heteroatoms. The molecule has 2 N–H and O–H groups in total. The number of hydrogen-bond donors (Lipinski definition) is 1. The van der Waals surface area contributed by atoms with Gasteiger partial charge in [0, 0.05) is 33.4 Å². The lowest BCUT2D eigenvalue weighted by atomic mass is 10.1. The van der Waals surface area contributed by atoms with E-state index >= 15 is 0 Å². The third-order valence-corrected chi connectivity index (χ3v) is 4.12. The van der Waals surface area contributed by atoms with Crippen LogP contribution >= 0.6 is 27.3 Å². The van der Waals surface area contributed by atoms with Crippen LogP contribution in [-0.2, 0) is 13.5 Å². The molecule has 0 saturated carbocycles. The summed E-state index contributed by atoms with van der Waals surface area (Å²) in [6, 6.07) is 0. The van der Waals surface area contributed by atoms with Crippen molar-refractivity contribution in [2.24, 2.45) is 7.05 Å². The highest BCUT2D eigenvalue weighted by molar-refractivity contribution is 9.10. The molecular weight excluding hydrogens is 274 g/mol. The number of nitrogens with zero attached hydrogens (tertiary/aromatic N) is 2. The van der Waals surface area contributed by atoms with Crippen LogP contribution in [0.2, 0.25) is 0 Å². The van der Waals surface area contributed by atoms with E-state index in [4.69, 9.17) is 5.73 Å². The SMILES string of the molecule is CCc1c(-c2cscc2Br)nn(C)c1N. The summed E-state index contributed by atoms with van der Waals surface area (Å²) in [5.74, 6) is 0.755. The molecule has 0 bridgehead atoms. The molecule has 0 saturated heterocycles. The van der Waals surface area contributed by atoms with Crippen LogP contribution in [0.5, 0.6) is 0 Å². The van der Waals surface area contributed by atoms with Gasteiger partial charge in [0.05, 0.1) is 5.69 Å². The maximum Gasteiger partial charge on any atom is 0.125 e. The third kappa shape index (κ3) is 1.70. The largest absolute Gasteiger partial charge is 0.384 e. The first-order valence-corrected chi connectivity index (χ1v) is 6.42. The van der Waals surface area contributed by atoms with E-state index in [2.05, 4.69) is 38.7 Å². The van der Waals surface area contributed by atoms with Gasteiger partial charge in [-0.05, 0) is 22.4 Å². The Morgan fingerprint density at radius 2 is 2.27 bits per heavy atom. The van der Waals surface area contributed by atoms with Crippen LogP contribution in [0.3, 0.4) is 0 Å². The molecule has 0 radical (unpaired) electrons. The van der Waals surface area contributed by atoms with Crippen LogP contribution in [0, 0.1) is 0 Å². The molecule has 0 aromatic carbocycles. The molecule has 3 nitrogen and oxygen atoms in total.